The van der Waals surface area contributed by atoms with E-state index in [4.69, 9.17) is 0 Å². The molecule has 0 saturated carbocycles. The molecule has 0 aliphatic carbocycles. The zero-order valence-electron chi connectivity index (χ0n) is 4.76. The molecule has 0 rings (SSSR count). The Morgan fingerprint density at radius 3 is 0.300 bits per heavy atom. The Balaban J connectivity index is 0. The average molecular weight is 337 g/mol. The van der Waals surface area contributed by atoms with Gasteiger partial charge in [0.25, 0.3) is 0 Å². The molecule has 74 valence electrons. The second kappa shape index (κ2) is 356. The zero-order valence-corrected chi connectivity index (χ0v) is 9.41. The summed E-state index contributed by atoms with van der Waals surface area (Å²) in [6.07, 6.45) is 0. The monoisotopic (exact) mass is 336 g/mol. The number of hydrogen-bond acceptors (Lipinski definition) is 0. The van der Waals surface area contributed by atoms with Gasteiger partial charge in [-0.05, 0) is 0 Å². The molecule has 7 nitrogen and oxygen atoms in total. The molecule has 0 aromatic rings. The topological polar surface area (TPSA) is 220 Å². The third kappa shape index (κ3) is 259. The molecule has 0 fully saturated rings. The summed E-state index contributed by atoms with van der Waals surface area (Å²) >= 11 is 0. The van der Waals surface area contributed by atoms with E-state index in [2.05, 4.69) is 0 Å². The molecule has 0 spiro atoms. The van der Waals surface area contributed by atoms with Crippen LogP contribution in [0, 0.1) is 41.7 Å². The second-order valence-corrected chi connectivity index (χ2v) is 0. The molecule has 0 bridgehead atoms. The molecule has 0 aromatic heterocycles. The summed E-state index contributed by atoms with van der Waals surface area (Å²) in [4.78, 5) is 0. The van der Waals surface area contributed by atoms with E-state index in [1.54, 1.807) is 0 Å². The van der Waals surface area contributed by atoms with Crippen molar-refractivity contribution in [2.75, 3.05) is 0 Å². The van der Waals surface area contributed by atoms with E-state index < -0.39 is 0 Å². The molecule has 0 saturated heterocycles. The van der Waals surface area contributed by atoms with Crippen LogP contribution >= 0.6 is 0 Å². The maximum atomic E-state index is 0. The van der Waals surface area contributed by atoms with Crippen molar-refractivity contribution in [2.24, 2.45) is 0 Å². The van der Waals surface area contributed by atoms with E-state index in [1.807, 2.05) is 0 Å². The molecular weight excluding hydrogens is 323 g/mol. The summed E-state index contributed by atoms with van der Waals surface area (Å²) in [6, 6.07) is 0. The molecule has 0 radical (unpaired) electrons. The number of hydrogen-bond donors (Lipinski definition) is 0. The van der Waals surface area contributed by atoms with Crippen LogP contribution in [-0.4, -0.2) is 38.3 Å². The molecule has 0 heterocycles. The minimum absolute atomic E-state index is 0. The standard InChI is InChI=1S/Ce.2ClH.7H2O/h;2*1H;7*1H2/q+2;;;;;;;;;/p-2. The van der Waals surface area contributed by atoms with E-state index in [1.165, 1.54) is 0 Å². The van der Waals surface area contributed by atoms with Gasteiger partial charge in [0.1, 0.15) is 0 Å². The molecule has 10 heavy (non-hydrogen) atoms. The summed E-state index contributed by atoms with van der Waals surface area (Å²) in [5, 5.41) is 0. The van der Waals surface area contributed by atoms with Crippen molar-refractivity contribution in [1.29, 1.82) is 0 Å². The SMILES string of the molecule is O.O.O.O.O.O.O.[Ce+2].[Cl-].[Cl-]. The second-order valence-electron chi connectivity index (χ2n) is 0. The first kappa shape index (κ1) is 473. The maximum Gasteiger partial charge on any atom is 2.00 e. The normalized spacial score (nSPS) is 0. The fourth-order valence-corrected chi connectivity index (χ4v) is 0. The van der Waals surface area contributed by atoms with Gasteiger partial charge in [0.05, 0.1) is 0 Å². The van der Waals surface area contributed by atoms with E-state index in [0.717, 1.165) is 0 Å². The third-order valence-electron chi connectivity index (χ3n) is 0. The molecule has 0 aliphatic rings. The van der Waals surface area contributed by atoms with Crippen LogP contribution in [-0.2, 0) is 0 Å². The van der Waals surface area contributed by atoms with Crippen molar-refractivity contribution in [2.45, 2.75) is 0 Å². The number of halogens is 2. The van der Waals surface area contributed by atoms with E-state index in [0.29, 0.717) is 0 Å². The molecule has 10 heteroatoms. The quantitative estimate of drug-likeness (QED) is 0.401. The van der Waals surface area contributed by atoms with Crippen LogP contribution in [0.5, 0.6) is 0 Å². The van der Waals surface area contributed by atoms with Gasteiger partial charge in [-0.25, -0.2) is 0 Å². The Kier molecular flexibility index (Phi) is 16800. The molecule has 0 aromatic carbocycles. The third-order valence-corrected chi connectivity index (χ3v) is 0. The van der Waals surface area contributed by atoms with Gasteiger partial charge in [-0.2, -0.15) is 0 Å². The van der Waals surface area contributed by atoms with E-state index >= 15 is 0 Å². The van der Waals surface area contributed by atoms with Crippen molar-refractivity contribution in [3.8, 4) is 0 Å². The van der Waals surface area contributed by atoms with Gasteiger partial charge in [-0.1, -0.05) is 0 Å². The van der Waals surface area contributed by atoms with Gasteiger partial charge in [-0.15, -0.1) is 0 Å². The first-order valence-corrected chi connectivity index (χ1v) is 0. The van der Waals surface area contributed by atoms with E-state index in [-0.39, 0.29) is 105 Å². The van der Waals surface area contributed by atoms with Crippen LogP contribution in [0.15, 0.2) is 0 Å². The average Bonchev–Trinajstić information content (AvgIpc) is 0. The number of rotatable bonds is 0. The van der Waals surface area contributed by atoms with Crippen LogP contribution in [0.3, 0.4) is 0 Å². The molecule has 0 amide bonds. The summed E-state index contributed by atoms with van der Waals surface area (Å²) in [6.45, 7) is 0. The summed E-state index contributed by atoms with van der Waals surface area (Å²) in [7, 11) is 0. The van der Waals surface area contributed by atoms with Gasteiger partial charge in [0.15, 0.2) is 0 Å². The maximum absolute atomic E-state index is 0. The first-order valence-electron chi connectivity index (χ1n) is 0. The summed E-state index contributed by atoms with van der Waals surface area (Å²) in [5.41, 5.74) is 0. The Morgan fingerprint density at radius 1 is 0.300 bits per heavy atom. The van der Waals surface area contributed by atoms with Crippen molar-refractivity contribution in [3.63, 3.8) is 0 Å². The predicted octanol–water partition coefficient (Wildman–Crippen LogP) is -11.8. The Morgan fingerprint density at radius 2 is 0.300 bits per heavy atom. The van der Waals surface area contributed by atoms with Crippen LogP contribution in [0.25, 0.3) is 0 Å². The Hall–Kier alpha value is 1.68. The fourth-order valence-electron chi connectivity index (χ4n) is 0. The zero-order chi connectivity index (χ0) is 0. The van der Waals surface area contributed by atoms with Gasteiger partial charge in [0.2, 0.25) is 0 Å². The molecule has 0 atom stereocenters. The summed E-state index contributed by atoms with van der Waals surface area (Å²) < 4.78 is 0. The van der Waals surface area contributed by atoms with E-state index in [9.17, 15) is 0 Å². The Labute approximate surface area is 104 Å². The van der Waals surface area contributed by atoms with Crippen molar-refractivity contribution in [3.05, 3.63) is 0 Å². The minimum Gasteiger partial charge on any atom is -1.00 e. The molecule has 0 unspecified atom stereocenters. The first-order chi connectivity index (χ1) is 0. The van der Waals surface area contributed by atoms with Crippen molar-refractivity contribution in [1.82, 2.24) is 0 Å². The van der Waals surface area contributed by atoms with Crippen LogP contribution in [0.1, 0.15) is 0 Å². The van der Waals surface area contributed by atoms with Crippen molar-refractivity contribution >= 4 is 0 Å². The minimum atomic E-state index is 0. The van der Waals surface area contributed by atoms with Gasteiger partial charge >= 0.3 is 41.7 Å². The van der Waals surface area contributed by atoms with Gasteiger partial charge in [-0.3, -0.25) is 0 Å². The Bertz CT molecular complexity index is 11.6. The van der Waals surface area contributed by atoms with Crippen LogP contribution in [0.2, 0.25) is 0 Å². The van der Waals surface area contributed by atoms with Gasteiger partial charge in [0, 0.05) is 0 Å². The molecule has 14 N–H and O–H groups in total. The molecular formula is H14CeCl2O7. The fraction of sp³-hybridized carbons (Fsp3) is 0. The van der Waals surface area contributed by atoms with Crippen LogP contribution in [0.4, 0.5) is 0 Å². The van der Waals surface area contributed by atoms with Crippen LogP contribution < -0.4 is 24.8 Å². The smallest absolute Gasteiger partial charge is 1.00 e. The summed E-state index contributed by atoms with van der Waals surface area (Å²) in [5.74, 6) is 0. The molecule has 0 aliphatic heterocycles. The van der Waals surface area contributed by atoms with Gasteiger partial charge < -0.3 is 63.1 Å². The van der Waals surface area contributed by atoms with Crippen molar-refractivity contribution < 1.29 is 105 Å². The largest absolute Gasteiger partial charge is 2.00 e. The predicted molar refractivity (Wildman–Crippen MR) is 25.3 cm³/mol.